The van der Waals surface area contributed by atoms with Crippen molar-refractivity contribution in [3.05, 3.63) is 29.8 Å². The van der Waals surface area contributed by atoms with Crippen LogP contribution in [0.5, 0.6) is 0 Å². The second-order valence-electron chi connectivity index (χ2n) is 3.61. The lowest BCUT2D eigenvalue weighted by Crippen LogP contribution is -2.25. The van der Waals surface area contributed by atoms with Gasteiger partial charge in [-0.3, -0.25) is 4.31 Å². The van der Waals surface area contributed by atoms with Crippen molar-refractivity contribution in [3.63, 3.8) is 0 Å². The summed E-state index contributed by atoms with van der Waals surface area (Å²) in [5.74, 6) is 0. The van der Waals surface area contributed by atoms with Crippen LogP contribution in [-0.2, 0) is 10.0 Å². The summed E-state index contributed by atoms with van der Waals surface area (Å²) in [6.07, 6.45) is 1.13. The fourth-order valence-corrected chi connectivity index (χ4v) is 1.74. The number of anilines is 1. The fourth-order valence-electron chi connectivity index (χ4n) is 1.25. The lowest BCUT2D eigenvalue weighted by molar-refractivity contribution is 0.268. The molecule has 1 atom stereocenters. The van der Waals surface area contributed by atoms with Crippen LogP contribution in [0.3, 0.4) is 0 Å². The van der Waals surface area contributed by atoms with E-state index in [1.165, 1.54) is 11.4 Å². The standard InChI is InChI=1S/C10H16N2O3S/c1-12(16(2,14)15)9-5-3-4-8(6-9)10(11)7-13/h3-6,10,13H,7,11H2,1-2H3. The summed E-state index contributed by atoms with van der Waals surface area (Å²) in [7, 11) is -1.80. The first-order valence-corrected chi connectivity index (χ1v) is 6.61. The number of nitrogens with two attached hydrogens (primary N) is 1. The van der Waals surface area contributed by atoms with E-state index >= 15 is 0 Å². The molecule has 0 spiro atoms. The van der Waals surface area contributed by atoms with Crippen molar-refractivity contribution in [3.8, 4) is 0 Å². The number of aliphatic hydroxyl groups is 1. The van der Waals surface area contributed by atoms with E-state index in [4.69, 9.17) is 10.8 Å². The SMILES string of the molecule is CN(c1cccc(C(N)CO)c1)S(C)(=O)=O. The van der Waals surface area contributed by atoms with Crippen LogP contribution in [0.2, 0.25) is 0 Å². The zero-order chi connectivity index (χ0) is 12.3. The highest BCUT2D eigenvalue weighted by atomic mass is 32.2. The van der Waals surface area contributed by atoms with Crippen molar-refractivity contribution < 1.29 is 13.5 Å². The highest BCUT2D eigenvalue weighted by Gasteiger charge is 2.13. The molecule has 6 heteroatoms. The molecule has 3 N–H and O–H groups in total. The average molecular weight is 244 g/mol. The van der Waals surface area contributed by atoms with Crippen molar-refractivity contribution >= 4 is 15.7 Å². The molecule has 16 heavy (non-hydrogen) atoms. The number of sulfonamides is 1. The molecule has 0 amide bonds. The van der Waals surface area contributed by atoms with Gasteiger partial charge >= 0.3 is 0 Å². The third kappa shape index (κ3) is 2.94. The molecule has 1 aromatic carbocycles. The van der Waals surface area contributed by atoms with Crippen LogP contribution in [-0.4, -0.2) is 33.4 Å². The Kier molecular flexibility index (Phi) is 3.90. The van der Waals surface area contributed by atoms with Gasteiger partial charge in [-0.05, 0) is 17.7 Å². The normalized spacial score (nSPS) is 13.5. The molecule has 1 rings (SSSR count). The van der Waals surface area contributed by atoms with Crippen molar-refractivity contribution in [2.45, 2.75) is 6.04 Å². The van der Waals surface area contributed by atoms with Gasteiger partial charge in [-0.25, -0.2) is 8.42 Å². The quantitative estimate of drug-likeness (QED) is 0.785. The Morgan fingerprint density at radius 2 is 2.12 bits per heavy atom. The molecule has 0 saturated heterocycles. The maximum Gasteiger partial charge on any atom is 0.231 e. The molecule has 0 heterocycles. The first-order chi connectivity index (χ1) is 7.36. The topological polar surface area (TPSA) is 83.6 Å². The van der Waals surface area contributed by atoms with Gasteiger partial charge < -0.3 is 10.8 Å². The molecule has 0 fully saturated rings. The van der Waals surface area contributed by atoms with Crippen LogP contribution < -0.4 is 10.0 Å². The van der Waals surface area contributed by atoms with Crippen LogP contribution in [0.25, 0.3) is 0 Å². The van der Waals surface area contributed by atoms with E-state index in [0.717, 1.165) is 6.26 Å². The highest BCUT2D eigenvalue weighted by Crippen LogP contribution is 2.20. The molecule has 0 saturated carbocycles. The lowest BCUT2D eigenvalue weighted by Gasteiger charge is -2.18. The van der Waals surface area contributed by atoms with Crippen LogP contribution >= 0.6 is 0 Å². The molecule has 0 aromatic heterocycles. The Hall–Kier alpha value is -1.11. The third-order valence-electron chi connectivity index (χ3n) is 2.36. The van der Waals surface area contributed by atoms with Crippen LogP contribution in [0.4, 0.5) is 5.69 Å². The number of benzene rings is 1. The van der Waals surface area contributed by atoms with Gasteiger partial charge in [0.15, 0.2) is 0 Å². The van der Waals surface area contributed by atoms with Crippen molar-refractivity contribution in [2.75, 3.05) is 24.2 Å². The molecule has 0 aliphatic rings. The Balaban J connectivity index is 3.08. The number of rotatable bonds is 4. The van der Waals surface area contributed by atoms with Gasteiger partial charge in [0.1, 0.15) is 0 Å². The molecule has 0 bridgehead atoms. The van der Waals surface area contributed by atoms with Crippen molar-refractivity contribution in [1.29, 1.82) is 0 Å². The summed E-state index contributed by atoms with van der Waals surface area (Å²) < 4.78 is 23.8. The Morgan fingerprint density at radius 1 is 1.50 bits per heavy atom. The zero-order valence-corrected chi connectivity index (χ0v) is 10.1. The molecule has 1 aromatic rings. The summed E-state index contributed by atoms with van der Waals surface area (Å²) in [5, 5.41) is 8.92. The van der Waals surface area contributed by atoms with Gasteiger partial charge in [0, 0.05) is 7.05 Å². The van der Waals surface area contributed by atoms with E-state index < -0.39 is 16.1 Å². The third-order valence-corrected chi connectivity index (χ3v) is 3.56. The molecule has 5 nitrogen and oxygen atoms in total. The van der Waals surface area contributed by atoms with E-state index in [1.807, 2.05) is 0 Å². The number of aliphatic hydroxyl groups excluding tert-OH is 1. The van der Waals surface area contributed by atoms with Crippen LogP contribution in [0.15, 0.2) is 24.3 Å². The van der Waals surface area contributed by atoms with E-state index in [-0.39, 0.29) is 6.61 Å². The Bertz CT molecular complexity index is 459. The summed E-state index contributed by atoms with van der Waals surface area (Å²) in [5.41, 5.74) is 6.89. The Labute approximate surface area is 95.5 Å². The highest BCUT2D eigenvalue weighted by molar-refractivity contribution is 7.92. The first-order valence-electron chi connectivity index (χ1n) is 4.76. The smallest absolute Gasteiger partial charge is 0.231 e. The van der Waals surface area contributed by atoms with Crippen molar-refractivity contribution in [2.24, 2.45) is 5.73 Å². The molecule has 0 aliphatic heterocycles. The van der Waals surface area contributed by atoms with E-state index in [1.54, 1.807) is 24.3 Å². The minimum absolute atomic E-state index is 0.175. The summed E-state index contributed by atoms with van der Waals surface area (Å²) in [6, 6.07) is 6.30. The minimum atomic E-state index is -3.28. The van der Waals surface area contributed by atoms with Crippen molar-refractivity contribution in [1.82, 2.24) is 0 Å². The fraction of sp³-hybridized carbons (Fsp3) is 0.400. The van der Waals surface area contributed by atoms with E-state index in [9.17, 15) is 8.42 Å². The van der Waals surface area contributed by atoms with Gasteiger partial charge in [-0.2, -0.15) is 0 Å². The maximum absolute atomic E-state index is 11.3. The summed E-state index contributed by atoms with van der Waals surface area (Å²) in [6.45, 7) is -0.175. The Morgan fingerprint density at radius 3 is 2.62 bits per heavy atom. The molecule has 1 unspecified atom stereocenters. The molecular formula is C10H16N2O3S. The first kappa shape index (κ1) is 13.0. The van der Waals surface area contributed by atoms with Gasteiger partial charge in [0.25, 0.3) is 0 Å². The molecular weight excluding hydrogens is 228 g/mol. The number of hydrogen-bond donors (Lipinski definition) is 2. The predicted molar refractivity (Wildman–Crippen MR) is 63.7 cm³/mol. The second kappa shape index (κ2) is 4.82. The lowest BCUT2D eigenvalue weighted by atomic mass is 10.1. The van der Waals surface area contributed by atoms with Gasteiger partial charge in [0.2, 0.25) is 10.0 Å². The molecule has 0 aliphatic carbocycles. The predicted octanol–water partition coefficient (Wildman–Crippen LogP) is 0.0745. The summed E-state index contributed by atoms with van der Waals surface area (Å²) in [4.78, 5) is 0. The molecule has 0 radical (unpaired) electrons. The second-order valence-corrected chi connectivity index (χ2v) is 5.63. The van der Waals surface area contributed by atoms with Gasteiger partial charge in [0.05, 0.1) is 24.6 Å². The average Bonchev–Trinajstić information content (AvgIpc) is 2.26. The van der Waals surface area contributed by atoms with Gasteiger partial charge in [-0.15, -0.1) is 0 Å². The maximum atomic E-state index is 11.3. The summed E-state index contributed by atoms with van der Waals surface area (Å²) >= 11 is 0. The number of hydrogen-bond acceptors (Lipinski definition) is 4. The van der Waals surface area contributed by atoms with E-state index in [2.05, 4.69) is 0 Å². The largest absolute Gasteiger partial charge is 0.394 e. The minimum Gasteiger partial charge on any atom is -0.394 e. The van der Waals surface area contributed by atoms with Crippen LogP contribution in [0, 0.1) is 0 Å². The van der Waals surface area contributed by atoms with Crippen LogP contribution in [0.1, 0.15) is 11.6 Å². The zero-order valence-electron chi connectivity index (χ0n) is 9.29. The monoisotopic (exact) mass is 244 g/mol. The van der Waals surface area contributed by atoms with Gasteiger partial charge in [-0.1, -0.05) is 12.1 Å². The van der Waals surface area contributed by atoms with E-state index in [0.29, 0.717) is 11.3 Å². The number of nitrogens with zero attached hydrogens (tertiary/aromatic N) is 1. The molecule has 90 valence electrons.